The third kappa shape index (κ3) is 11.8. The predicted octanol–water partition coefficient (Wildman–Crippen LogP) is 9.20. The SMILES string of the molecule is CC(=O)OCC(CCC1(CCN2CCC(N(C(=O)c3ccco3)c3ccc(C)cn3)CC2)CCCCC1)(COCc1ccccc1)COCc1ccccc1. The van der Waals surface area contributed by atoms with Gasteiger partial charge in [-0.1, -0.05) is 86.0 Å². The van der Waals surface area contributed by atoms with Crippen LogP contribution in [0.25, 0.3) is 0 Å². The minimum Gasteiger partial charge on any atom is -0.465 e. The number of amides is 1. The molecular formula is C46H59N3O6. The molecule has 1 saturated heterocycles. The van der Waals surface area contributed by atoms with E-state index in [9.17, 15) is 9.59 Å². The van der Waals surface area contributed by atoms with E-state index in [0.29, 0.717) is 38.0 Å². The highest BCUT2D eigenvalue weighted by molar-refractivity contribution is 6.04. The fourth-order valence-electron chi connectivity index (χ4n) is 8.35. The lowest BCUT2D eigenvalue weighted by Crippen LogP contribution is -2.48. The van der Waals surface area contributed by atoms with Gasteiger partial charge in [0, 0.05) is 32.3 Å². The van der Waals surface area contributed by atoms with Crippen molar-refractivity contribution >= 4 is 17.7 Å². The molecule has 0 bridgehead atoms. The molecule has 4 aromatic rings. The first-order valence-electron chi connectivity index (χ1n) is 20.2. The number of furan rings is 1. The lowest BCUT2D eigenvalue weighted by Gasteiger charge is -2.43. The van der Waals surface area contributed by atoms with Gasteiger partial charge in [0.05, 0.1) is 38.1 Å². The van der Waals surface area contributed by atoms with E-state index in [4.69, 9.17) is 18.6 Å². The number of benzene rings is 2. The molecular weight excluding hydrogens is 691 g/mol. The smallest absolute Gasteiger partial charge is 0.302 e. The van der Waals surface area contributed by atoms with E-state index in [0.717, 1.165) is 68.4 Å². The van der Waals surface area contributed by atoms with Crippen molar-refractivity contribution in [1.29, 1.82) is 0 Å². The maximum absolute atomic E-state index is 13.7. The molecule has 55 heavy (non-hydrogen) atoms. The number of pyridine rings is 1. The van der Waals surface area contributed by atoms with E-state index < -0.39 is 5.41 Å². The molecule has 2 aliphatic rings. The van der Waals surface area contributed by atoms with Crippen molar-refractivity contribution < 1.29 is 28.2 Å². The summed E-state index contributed by atoms with van der Waals surface area (Å²) in [6.07, 6.45) is 14.3. The number of anilines is 1. The van der Waals surface area contributed by atoms with Crippen LogP contribution in [-0.2, 0) is 32.2 Å². The summed E-state index contributed by atoms with van der Waals surface area (Å²) in [7, 11) is 0. The molecule has 1 saturated carbocycles. The van der Waals surface area contributed by atoms with Gasteiger partial charge in [-0.25, -0.2) is 4.98 Å². The van der Waals surface area contributed by atoms with Crippen molar-refractivity contribution in [3.05, 3.63) is 120 Å². The number of hydrogen-bond donors (Lipinski definition) is 0. The summed E-state index contributed by atoms with van der Waals surface area (Å²) in [6, 6.07) is 27.9. The lowest BCUT2D eigenvalue weighted by atomic mass is 9.66. The van der Waals surface area contributed by atoms with E-state index in [1.54, 1.807) is 18.4 Å². The molecule has 1 aliphatic heterocycles. The summed E-state index contributed by atoms with van der Waals surface area (Å²) < 4.78 is 24.2. The molecule has 2 aromatic heterocycles. The van der Waals surface area contributed by atoms with Crippen LogP contribution in [0.3, 0.4) is 0 Å². The quantitative estimate of drug-likeness (QED) is 0.0877. The average Bonchev–Trinajstić information content (AvgIpc) is 3.77. The van der Waals surface area contributed by atoms with Crippen LogP contribution in [0.15, 0.2) is 102 Å². The Bertz CT molecular complexity index is 1670. The van der Waals surface area contributed by atoms with Crippen LogP contribution in [0.5, 0.6) is 0 Å². The summed E-state index contributed by atoms with van der Waals surface area (Å²) in [5.74, 6) is 0.585. The molecule has 0 atom stereocenters. The van der Waals surface area contributed by atoms with Gasteiger partial charge in [-0.05, 0) is 98.7 Å². The zero-order chi connectivity index (χ0) is 38.4. The highest BCUT2D eigenvalue weighted by Crippen LogP contribution is 2.46. The number of piperidine rings is 1. The molecule has 0 N–H and O–H groups in total. The maximum Gasteiger partial charge on any atom is 0.302 e. The number of likely N-dealkylation sites (tertiary alicyclic amines) is 1. The highest BCUT2D eigenvalue weighted by atomic mass is 16.5. The van der Waals surface area contributed by atoms with Crippen LogP contribution in [0.4, 0.5) is 5.82 Å². The van der Waals surface area contributed by atoms with Crippen LogP contribution in [-0.4, -0.2) is 67.3 Å². The van der Waals surface area contributed by atoms with Crippen LogP contribution >= 0.6 is 0 Å². The molecule has 0 spiro atoms. The van der Waals surface area contributed by atoms with E-state index in [1.807, 2.05) is 66.6 Å². The van der Waals surface area contributed by atoms with Gasteiger partial charge in [0.2, 0.25) is 0 Å². The third-order valence-electron chi connectivity index (χ3n) is 11.7. The zero-order valence-electron chi connectivity index (χ0n) is 32.8. The van der Waals surface area contributed by atoms with Gasteiger partial charge in [0.1, 0.15) is 12.4 Å². The monoisotopic (exact) mass is 749 g/mol. The molecule has 0 radical (unpaired) electrons. The minimum atomic E-state index is -0.480. The summed E-state index contributed by atoms with van der Waals surface area (Å²) in [5.41, 5.74) is 3.01. The predicted molar refractivity (Wildman–Crippen MR) is 215 cm³/mol. The molecule has 3 heterocycles. The molecule has 2 fully saturated rings. The van der Waals surface area contributed by atoms with Gasteiger partial charge in [0.15, 0.2) is 5.76 Å². The Kier molecular flexibility index (Phi) is 14.7. The van der Waals surface area contributed by atoms with E-state index in [2.05, 4.69) is 34.1 Å². The Morgan fingerprint density at radius 2 is 1.49 bits per heavy atom. The molecule has 9 nitrogen and oxygen atoms in total. The van der Waals surface area contributed by atoms with Gasteiger partial charge in [-0.15, -0.1) is 0 Å². The zero-order valence-corrected chi connectivity index (χ0v) is 32.8. The van der Waals surface area contributed by atoms with Gasteiger partial charge in [-0.3, -0.25) is 14.5 Å². The molecule has 1 aliphatic carbocycles. The number of ether oxygens (including phenoxy) is 3. The van der Waals surface area contributed by atoms with Crippen LogP contribution in [0, 0.1) is 17.8 Å². The number of nitrogens with zero attached hydrogens (tertiary/aromatic N) is 3. The average molecular weight is 750 g/mol. The Hall–Kier alpha value is -4.31. The first kappa shape index (κ1) is 40.4. The maximum atomic E-state index is 13.7. The van der Waals surface area contributed by atoms with Gasteiger partial charge in [-0.2, -0.15) is 0 Å². The fraction of sp³-hybridized carbons (Fsp3) is 0.500. The van der Waals surface area contributed by atoms with E-state index in [-0.39, 0.29) is 29.9 Å². The second-order valence-corrected chi connectivity index (χ2v) is 16.0. The van der Waals surface area contributed by atoms with Gasteiger partial charge < -0.3 is 23.5 Å². The number of aromatic nitrogens is 1. The first-order valence-corrected chi connectivity index (χ1v) is 20.2. The van der Waals surface area contributed by atoms with E-state index in [1.165, 1.54) is 39.0 Å². The largest absolute Gasteiger partial charge is 0.465 e. The standard InChI is InChI=1S/C46H59N3O6/c1-37-18-19-43(47-31-37)49(44(51)42-17-12-30-54-42)41-20-27-48(28-21-41)29-26-45(22-10-5-11-23-45)24-25-46(36-55-38(2)50,34-52-32-39-13-6-3-7-14-39)35-53-33-40-15-8-4-9-16-40/h3-4,6-9,12-19,30-31,41H,5,10-11,20-29,32-36H2,1-2H3. The van der Waals surface area contributed by atoms with Crippen LogP contribution in [0.1, 0.15) is 98.4 Å². The Balaban J connectivity index is 1.12. The highest BCUT2D eigenvalue weighted by Gasteiger charge is 2.40. The van der Waals surface area contributed by atoms with Crippen molar-refractivity contribution in [1.82, 2.24) is 9.88 Å². The summed E-state index contributed by atoms with van der Waals surface area (Å²) in [5, 5.41) is 0. The van der Waals surface area contributed by atoms with Crippen LogP contribution < -0.4 is 4.90 Å². The number of carbonyl (C=O) groups excluding carboxylic acids is 2. The minimum absolute atomic E-state index is 0.0429. The van der Waals surface area contributed by atoms with Crippen molar-refractivity contribution in [3.63, 3.8) is 0 Å². The van der Waals surface area contributed by atoms with Crippen molar-refractivity contribution in [2.24, 2.45) is 10.8 Å². The molecule has 2 aromatic carbocycles. The Labute approximate surface area is 327 Å². The van der Waals surface area contributed by atoms with Gasteiger partial charge >= 0.3 is 5.97 Å². The first-order chi connectivity index (χ1) is 26.8. The number of esters is 1. The summed E-state index contributed by atoms with van der Waals surface area (Å²) >= 11 is 0. The number of rotatable bonds is 19. The summed E-state index contributed by atoms with van der Waals surface area (Å²) in [6.45, 7) is 8.48. The van der Waals surface area contributed by atoms with Gasteiger partial charge in [0.25, 0.3) is 5.91 Å². The number of hydrogen-bond acceptors (Lipinski definition) is 8. The molecule has 294 valence electrons. The number of carbonyl (C=O) groups is 2. The second kappa shape index (κ2) is 20.0. The molecule has 0 unspecified atom stereocenters. The van der Waals surface area contributed by atoms with Crippen molar-refractivity contribution in [2.45, 2.75) is 97.3 Å². The summed E-state index contributed by atoms with van der Waals surface area (Å²) in [4.78, 5) is 35.0. The normalized spacial score (nSPS) is 16.5. The molecule has 1 amide bonds. The van der Waals surface area contributed by atoms with E-state index >= 15 is 0 Å². The third-order valence-corrected chi connectivity index (χ3v) is 11.7. The topological polar surface area (TPSA) is 94.3 Å². The number of aryl methyl sites for hydroxylation is 1. The van der Waals surface area contributed by atoms with Crippen LogP contribution in [0.2, 0.25) is 0 Å². The Morgan fingerprint density at radius 3 is 2.05 bits per heavy atom. The van der Waals surface area contributed by atoms with Crippen molar-refractivity contribution in [3.8, 4) is 0 Å². The van der Waals surface area contributed by atoms with Crippen molar-refractivity contribution in [2.75, 3.05) is 44.4 Å². The fourth-order valence-corrected chi connectivity index (χ4v) is 8.35. The molecule has 9 heteroatoms. The molecule has 6 rings (SSSR count). The lowest BCUT2D eigenvalue weighted by molar-refractivity contribution is -0.150. The second-order valence-electron chi connectivity index (χ2n) is 16.0. The Morgan fingerprint density at radius 1 is 0.836 bits per heavy atom.